The third-order valence-corrected chi connectivity index (χ3v) is 4.55. The minimum Gasteiger partial charge on any atom is -0.355 e. The summed E-state index contributed by atoms with van der Waals surface area (Å²) in [4.78, 5) is 11.5. The average Bonchev–Trinajstić information content (AvgIpc) is 2.68. The number of halogens is 1. The van der Waals surface area contributed by atoms with Crippen molar-refractivity contribution in [2.45, 2.75) is 38.9 Å². The Kier molecular flexibility index (Phi) is 3.62. The summed E-state index contributed by atoms with van der Waals surface area (Å²) < 4.78 is 0. The molecule has 1 fully saturated rings. The van der Waals surface area contributed by atoms with Gasteiger partial charge in [-0.25, -0.2) is 0 Å². The van der Waals surface area contributed by atoms with Gasteiger partial charge in [0.2, 0.25) is 5.91 Å². The molecular weight excluding hydrogens is 242 g/mol. The molecule has 0 spiro atoms. The van der Waals surface area contributed by atoms with E-state index in [2.05, 4.69) is 35.1 Å². The maximum atomic E-state index is 11.6. The summed E-state index contributed by atoms with van der Waals surface area (Å²) in [5, 5.41) is 3.00. The van der Waals surface area contributed by atoms with Crippen molar-refractivity contribution in [1.29, 1.82) is 0 Å². The first-order chi connectivity index (χ1) is 6.34. The fourth-order valence-electron chi connectivity index (χ4n) is 1.55. The van der Waals surface area contributed by atoms with E-state index in [0.717, 1.165) is 6.54 Å². The van der Waals surface area contributed by atoms with E-state index in [1.54, 1.807) is 0 Å². The molecule has 2 atom stereocenters. The van der Waals surface area contributed by atoms with Crippen LogP contribution in [0.2, 0.25) is 0 Å². The number of hydrogen-bond donors (Lipinski definition) is 1. The molecule has 2 unspecified atom stereocenters. The van der Waals surface area contributed by atoms with Gasteiger partial charge < -0.3 is 5.32 Å². The lowest BCUT2D eigenvalue weighted by molar-refractivity contribution is -0.121. The lowest BCUT2D eigenvalue weighted by atomic mass is 10.1. The zero-order valence-corrected chi connectivity index (χ0v) is 11.0. The van der Waals surface area contributed by atoms with Crippen LogP contribution in [0.5, 0.6) is 0 Å². The first-order valence-corrected chi connectivity index (χ1v) is 6.18. The highest BCUT2D eigenvalue weighted by Crippen LogP contribution is 2.50. The largest absolute Gasteiger partial charge is 0.355 e. The number of rotatable bonds is 4. The Bertz CT molecular complexity index is 225. The molecule has 0 aliphatic heterocycles. The van der Waals surface area contributed by atoms with Crippen LogP contribution in [-0.2, 0) is 4.79 Å². The summed E-state index contributed by atoms with van der Waals surface area (Å²) in [6, 6.07) is 0. The van der Waals surface area contributed by atoms with Crippen molar-refractivity contribution in [3.05, 3.63) is 0 Å². The van der Waals surface area contributed by atoms with Gasteiger partial charge in [0, 0.05) is 6.54 Å². The summed E-state index contributed by atoms with van der Waals surface area (Å²) in [6.07, 6.45) is 1.24. The lowest BCUT2D eigenvalue weighted by Crippen LogP contribution is -2.35. The van der Waals surface area contributed by atoms with Gasteiger partial charge in [-0.05, 0) is 23.7 Å². The van der Waals surface area contributed by atoms with Crippen LogP contribution in [0.3, 0.4) is 0 Å². The molecule has 1 aliphatic carbocycles. The molecule has 3 heteroatoms. The van der Waals surface area contributed by atoms with Crippen LogP contribution in [0.25, 0.3) is 0 Å². The molecular formula is C11H20BrNO. The van der Waals surface area contributed by atoms with Crippen LogP contribution in [-0.4, -0.2) is 17.3 Å². The van der Waals surface area contributed by atoms with Gasteiger partial charge in [0.1, 0.15) is 0 Å². The molecule has 0 aromatic rings. The Hall–Kier alpha value is -0.0500. The van der Waals surface area contributed by atoms with Crippen molar-refractivity contribution in [3.63, 3.8) is 0 Å². The molecule has 0 heterocycles. The summed E-state index contributed by atoms with van der Waals surface area (Å²) in [5.74, 6) is 1.16. The topological polar surface area (TPSA) is 29.1 Å². The molecule has 0 aromatic heterocycles. The summed E-state index contributed by atoms with van der Waals surface area (Å²) in [7, 11) is 0. The van der Waals surface area contributed by atoms with E-state index in [1.807, 2.05) is 13.8 Å². The van der Waals surface area contributed by atoms with E-state index < -0.39 is 0 Å². The number of alkyl halides is 1. The summed E-state index contributed by atoms with van der Waals surface area (Å²) in [6.45, 7) is 9.41. The average molecular weight is 262 g/mol. The van der Waals surface area contributed by atoms with Gasteiger partial charge in [0.05, 0.1) is 4.83 Å². The number of carbonyl (C=O) groups is 1. The minimum atomic E-state index is -0.0515. The minimum absolute atomic E-state index is 0.0515. The molecule has 2 nitrogen and oxygen atoms in total. The second-order valence-corrected chi connectivity index (χ2v) is 6.27. The molecule has 14 heavy (non-hydrogen) atoms. The standard InChI is InChI=1S/C11H20BrNO/c1-7(2)9(12)10(14)13-6-8-5-11(8,3)4/h7-9H,5-6H2,1-4H3,(H,13,14). The van der Waals surface area contributed by atoms with Crippen LogP contribution in [0.4, 0.5) is 0 Å². The van der Waals surface area contributed by atoms with Gasteiger partial charge in [0.25, 0.3) is 0 Å². The van der Waals surface area contributed by atoms with E-state index in [9.17, 15) is 4.79 Å². The van der Waals surface area contributed by atoms with Crippen LogP contribution >= 0.6 is 15.9 Å². The molecule has 1 rings (SSSR count). The highest BCUT2D eigenvalue weighted by atomic mass is 79.9. The third-order valence-electron chi connectivity index (χ3n) is 3.08. The number of amides is 1. The monoisotopic (exact) mass is 261 g/mol. The molecule has 0 bridgehead atoms. The molecule has 1 aliphatic rings. The van der Waals surface area contributed by atoms with Gasteiger partial charge in [-0.15, -0.1) is 0 Å². The Labute approximate surface area is 95.0 Å². The van der Waals surface area contributed by atoms with Crippen molar-refractivity contribution in [3.8, 4) is 0 Å². The molecule has 1 amide bonds. The van der Waals surface area contributed by atoms with E-state index >= 15 is 0 Å². The maximum Gasteiger partial charge on any atom is 0.234 e. The molecule has 1 saturated carbocycles. The Morgan fingerprint density at radius 1 is 1.57 bits per heavy atom. The van der Waals surface area contributed by atoms with Crippen LogP contribution in [0.1, 0.15) is 34.1 Å². The Balaban J connectivity index is 2.22. The maximum absolute atomic E-state index is 11.6. The molecule has 82 valence electrons. The number of hydrogen-bond acceptors (Lipinski definition) is 1. The van der Waals surface area contributed by atoms with Gasteiger partial charge >= 0.3 is 0 Å². The SMILES string of the molecule is CC(C)C(Br)C(=O)NCC1CC1(C)C. The van der Waals surface area contributed by atoms with E-state index in [1.165, 1.54) is 6.42 Å². The van der Waals surface area contributed by atoms with Crippen LogP contribution < -0.4 is 5.32 Å². The normalized spacial score (nSPS) is 26.0. The fourth-order valence-corrected chi connectivity index (χ4v) is 1.71. The van der Waals surface area contributed by atoms with Gasteiger partial charge in [-0.3, -0.25) is 4.79 Å². The fraction of sp³-hybridized carbons (Fsp3) is 0.909. The van der Waals surface area contributed by atoms with Crippen molar-refractivity contribution < 1.29 is 4.79 Å². The van der Waals surface area contributed by atoms with E-state index in [4.69, 9.17) is 0 Å². The molecule has 0 saturated heterocycles. The van der Waals surface area contributed by atoms with Crippen LogP contribution in [0.15, 0.2) is 0 Å². The second kappa shape index (κ2) is 4.21. The first-order valence-electron chi connectivity index (χ1n) is 5.26. The van der Waals surface area contributed by atoms with Crippen molar-refractivity contribution in [2.75, 3.05) is 6.54 Å². The van der Waals surface area contributed by atoms with E-state index in [-0.39, 0.29) is 10.7 Å². The lowest BCUT2D eigenvalue weighted by Gasteiger charge is -2.14. The number of nitrogens with one attached hydrogen (secondary N) is 1. The molecule has 0 radical (unpaired) electrons. The van der Waals surface area contributed by atoms with E-state index in [0.29, 0.717) is 17.3 Å². The summed E-state index contributed by atoms with van der Waals surface area (Å²) >= 11 is 3.39. The Morgan fingerprint density at radius 3 is 2.43 bits per heavy atom. The van der Waals surface area contributed by atoms with Crippen LogP contribution in [0, 0.1) is 17.3 Å². The smallest absolute Gasteiger partial charge is 0.234 e. The van der Waals surface area contributed by atoms with Gasteiger partial charge in [0.15, 0.2) is 0 Å². The molecule has 0 aromatic carbocycles. The zero-order valence-electron chi connectivity index (χ0n) is 9.43. The van der Waals surface area contributed by atoms with Crippen molar-refractivity contribution in [1.82, 2.24) is 5.32 Å². The summed E-state index contributed by atoms with van der Waals surface area (Å²) in [5.41, 5.74) is 0.451. The third kappa shape index (κ3) is 2.97. The highest BCUT2D eigenvalue weighted by molar-refractivity contribution is 9.10. The van der Waals surface area contributed by atoms with Gasteiger partial charge in [-0.2, -0.15) is 0 Å². The van der Waals surface area contributed by atoms with Gasteiger partial charge in [-0.1, -0.05) is 43.6 Å². The zero-order chi connectivity index (χ0) is 10.9. The second-order valence-electron chi connectivity index (χ2n) is 5.28. The quantitative estimate of drug-likeness (QED) is 0.775. The van der Waals surface area contributed by atoms with Crippen molar-refractivity contribution in [2.24, 2.45) is 17.3 Å². The highest BCUT2D eigenvalue weighted by Gasteiger charge is 2.45. The molecule has 1 N–H and O–H groups in total. The predicted octanol–water partition coefficient (Wildman–Crippen LogP) is 2.57. The van der Waals surface area contributed by atoms with Crippen molar-refractivity contribution >= 4 is 21.8 Å². The Morgan fingerprint density at radius 2 is 2.07 bits per heavy atom. The predicted molar refractivity (Wildman–Crippen MR) is 62.5 cm³/mol. The number of carbonyl (C=O) groups excluding carboxylic acids is 1. The first kappa shape index (κ1) is 12.0.